The van der Waals surface area contributed by atoms with E-state index < -0.39 is 0 Å². The highest BCUT2D eigenvalue weighted by Gasteiger charge is 2.08. The Morgan fingerprint density at radius 2 is 1.89 bits per heavy atom. The van der Waals surface area contributed by atoms with Crippen LogP contribution >= 0.6 is 12.6 Å². The molecular weight excluding hydrogens is 254 g/mol. The van der Waals surface area contributed by atoms with Crippen molar-refractivity contribution >= 4 is 12.6 Å². The summed E-state index contributed by atoms with van der Waals surface area (Å²) in [6, 6.07) is 0.324. The topological polar surface area (TPSA) is 21.3 Å². The van der Waals surface area contributed by atoms with Crippen molar-refractivity contribution in [2.24, 2.45) is 0 Å². The molecule has 3 heteroatoms. The van der Waals surface area contributed by atoms with Crippen LogP contribution in [0.15, 0.2) is 24.1 Å². The normalized spacial score (nSPS) is 21.9. The smallest absolute Gasteiger partial charge is 0.118 e. The predicted molar refractivity (Wildman–Crippen MR) is 88.7 cm³/mol. The summed E-state index contributed by atoms with van der Waals surface area (Å²) in [5.41, 5.74) is 0. The number of hydrogen-bond acceptors (Lipinski definition) is 3. The van der Waals surface area contributed by atoms with Crippen molar-refractivity contribution in [1.82, 2.24) is 5.32 Å². The van der Waals surface area contributed by atoms with Gasteiger partial charge in [-0.25, -0.2) is 0 Å². The first kappa shape index (κ1) is 18.4. The van der Waals surface area contributed by atoms with Gasteiger partial charge in [-0.1, -0.05) is 33.1 Å². The Bertz CT molecular complexity index is 257. The van der Waals surface area contributed by atoms with Gasteiger partial charge < -0.3 is 10.1 Å². The van der Waals surface area contributed by atoms with E-state index >= 15 is 0 Å². The third kappa shape index (κ3) is 9.04. The summed E-state index contributed by atoms with van der Waals surface area (Å²) >= 11 is 4.36. The van der Waals surface area contributed by atoms with Crippen LogP contribution in [0.2, 0.25) is 0 Å². The van der Waals surface area contributed by atoms with Gasteiger partial charge in [0, 0.05) is 5.25 Å². The minimum absolute atomic E-state index is 0.324. The zero-order valence-electron chi connectivity index (χ0n) is 13.0. The molecule has 0 aromatic heterocycles. The molecule has 1 heterocycles. The van der Waals surface area contributed by atoms with Crippen molar-refractivity contribution in [1.29, 1.82) is 0 Å². The second-order valence-corrected chi connectivity index (χ2v) is 5.27. The zero-order chi connectivity index (χ0) is 14.5. The van der Waals surface area contributed by atoms with Gasteiger partial charge in [-0.2, -0.15) is 12.6 Å². The van der Waals surface area contributed by atoms with Crippen molar-refractivity contribution in [2.45, 2.75) is 71.1 Å². The quantitative estimate of drug-likeness (QED) is 0.718. The van der Waals surface area contributed by atoms with E-state index in [1.54, 1.807) is 0 Å². The molecule has 1 aliphatic carbocycles. The molecule has 0 spiro atoms. The molecule has 1 atom stereocenters. The Hall–Kier alpha value is -0.570. The Kier molecular flexibility index (Phi) is 12.1. The van der Waals surface area contributed by atoms with E-state index in [9.17, 15) is 0 Å². The van der Waals surface area contributed by atoms with E-state index in [1.165, 1.54) is 32.1 Å². The number of dihydropyridines is 1. The predicted octanol–water partition coefficient (Wildman–Crippen LogP) is 4.69. The molecule has 0 saturated heterocycles. The average Bonchev–Trinajstić information content (AvgIpc) is 2.45. The molecule has 0 aromatic rings. The molecule has 0 aromatic carbocycles. The SMILES string of the molecule is CC.CCOC1=CC=CNC1C.SC1CCCCC1. The largest absolute Gasteiger partial charge is 0.496 e. The first-order valence-corrected chi connectivity index (χ1v) is 8.19. The van der Waals surface area contributed by atoms with E-state index in [2.05, 4.69) is 24.9 Å². The van der Waals surface area contributed by atoms with Crippen molar-refractivity contribution < 1.29 is 4.74 Å². The fourth-order valence-corrected chi connectivity index (χ4v) is 2.36. The monoisotopic (exact) mass is 285 g/mol. The minimum Gasteiger partial charge on any atom is -0.496 e. The van der Waals surface area contributed by atoms with E-state index in [1.807, 2.05) is 39.1 Å². The minimum atomic E-state index is 0.324. The molecule has 1 unspecified atom stereocenters. The molecule has 1 fully saturated rings. The lowest BCUT2D eigenvalue weighted by Crippen LogP contribution is -2.26. The van der Waals surface area contributed by atoms with Crippen LogP contribution in [0.4, 0.5) is 0 Å². The van der Waals surface area contributed by atoms with Crippen LogP contribution in [0.1, 0.15) is 59.8 Å². The molecule has 2 rings (SSSR count). The van der Waals surface area contributed by atoms with Gasteiger partial charge in [0.1, 0.15) is 5.76 Å². The number of rotatable bonds is 2. The second kappa shape index (κ2) is 12.5. The fraction of sp³-hybridized carbons (Fsp3) is 0.750. The highest BCUT2D eigenvalue weighted by atomic mass is 32.1. The van der Waals surface area contributed by atoms with Gasteiger partial charge in [-0.3, -0.25) is 0 Å². The maximum atomic E-state index is 5.34. The first-order chi connectivity index (χ1) is 9.24. The maximum Gasteiger partial charge on any atom is 0.118 e. The lowest BCUT2D eigenvalue weighted by atomic mass is 10.0. The molecule has 19 heavy (non-hydrogen) atoms. The molecule has 0 amide bonds. The van der Waals surface area contributed by atoms with Crippen LogP contribution < -0.4 is 5.32 Å². The molecular formula is C16H31NOS. The van der Waals surface area contributed by atoms with Gasteiger partial charge in [0.25, 0.3) is 0 Å². The summed E-state index contributed by atoms with van der Waals surface area (Å²) in [7, 11) is 0. The third-order valence-electron chi connectivity index (χ3n) is 3.02. The molecule has 112 valence electrons. The van der Waals surface area contributed by atoms with E-state index in [4.69, 9.17) is 4.74 Å². The fourth-order valence-electron chi connectivity index (χ4n) is 1.99. The van der Waals surface area contributed by atoms with Gasteiger partial charge in [0.15, 0.2) is 0 Å². The Morgan fingerprint density at radius 3 is 2.32 bits per heavy atom. The van der Waals surface area contributed by atoms with E-state index in [0.717, 1.165) is 17.6 Å². The summed E-state index contributed by atoms with van der Waals surface area (Å²) in [6.45, 7) is 8.81. The average molecular weight is 285 g/mol. The Balaban J connectivity index is 0.000000316. The summed E-state index contributed by atoms with van der Waals surface area (Å²) in [6.07, 6.45) is 12.8. The first-order valence-electron chi connectivity index (χ1n) is 7.67. The number of hydrogen-bond donors (Lipinski definition) is 2. The van der Waals surface area contributed by atoms with Gasteiger partial charge >= 0.3 is 0 Å². The van der Waals surface area contributed by atoms with Crippen LogP contribution in [-0.2, 0) is 4.74 Å². The van der Waals surface area contributed by atoms with Crippen LogP contribution in [-0.4, -0.2) is 17.9 Å². The number of thiol groups is 1. The lowest BCUT2D eigenvalue weighted by Gasteiger charge is -2.18. The summed E-state index contributed by atoms with van der Waals surface area (Å²) in [4.78, 5) is 0. The Labute approximate surface area is 125 Å². The molecule has 0 radical (unpaired) electrons. The molecule has 1 N–H and O–H groups in total. The highest BCUT2D eigenvalue weighted by Crippen LogP contribution is 2.21. The molecule has 1 aliphatic heterocycles. The van der Waals surface area contributed by atoms with Gasteiger partial charge in [-0.15, -0.1) is 0 Å². The number of ether oxygens (including phenoxy) is 1. The zero-order valence-corrected chi connectivity index (χ0v) is 13.9. The molecule has 1 saturated carbocycles. The van der Waals surface area contributed by atoms with Gasteiger partial charge in [0.05, 0.1) is 12.6 Å². The molecule has 2 nitrogen and oxygen atoms in total. The van der Waals surface area contributed by atoms with Crippen LogP contribution in [0.3, 0.4) is 0 Å². The van der Waals surface area contributed by atoms with E-state index in [0.29, 0.717) is 6.04 Å². The lowest BCUT2D eigenvalue weighted by molar-refractivity contribution is 0.205. The van der Waals surface area contributed by atoms with Gasteiger partial charge in [0.2, 0.25) is 0 Å². The van der Waals surface area contributed by atoms with Gasteiger partial charge in [-0.05, 0) is 45.0 Å². The van der Waals surface area contributed by atoms with Crippen molar-refractivity contribution in [3.63, 3.8) is 0 Å². The second-order valence-electron chi connectivity index (χ2n) is 4.54. The summed E-state index contributed by atoms with van der Waals surface area (Å²) < 4.78 is 5.34. The van der Waals surface area contributed by atoms with Crippen LogP contribution in [0.25, 0.3) is 0 Å². The maximum absolute atomic E-state index is 5.34. The standard InChI is InChI=1S/C8H13NO.C6H12S.C2H6/c1-3-10-8-5-4-6-9-7(8)2;7-6-4-2-1-3-5-6;1-2/h4-7,9H,3H2,1-2H3;6-7H,1-5H2;1-2H3. The highest BCUT2D eigenvalue weighted by molar-refractivity contribution is 7.80. The van der Waals surface area contributed by atoms with E-state index in [-0.39, 0.29) is 0 Å². The summed E-state index contributed by atoms with van der Waals surface area (Å²) in [5.74, 6) is 1.02. The number of nitrogens with one attached hydrogen (secondary N) is 1. The third-order valence-corrected chi connectivity index (χ3v) is 3.53. The van der Waals surface area contributed by atoms with Crippen molar-refractivity contribution in [3.8, 4) is 0 Å². The van der Waals surface area contributed by atoms with Crippen LogP contribution in [0, 0.1) is 0 Å². The summed E-state index contributed by atoms with van der Waals surface area (Å²) in [5, 5.41) is 3.87. The van der Waals surface area contributed by atoms with Crippen molar-refractivity contribution in [3.05, 3.63) is 24.1 Å². The Morgan fingerprint density at radius 1 is 1.26 bits per heavy atom. The molecule has 0 bridgehead atoms. The molecule has 2 aliphatic rings. The van der Waals surface area contributed by atoms with Crippen molar-refractivity contribution in [2.75, 3.05) is 6.61 Å². The van der Waals surface area contributed by atoms with Crippen LogP contribution in [0.5, 0.6) is 0 Å². The number of allylic oxidation sites excluding steroid dienone is 2.